The Morgan fingerprint density at radius 1 is 1.29 bits per heavy atom. The van der Waals surface area contributed by atoms with Gasteiger partial charge in [0.15, 0.2) is 0 Å². The Morgan fingerprint density at radius 3 is 2.41 bits per heavy atom. The molecule has 6 heteroatoms. The quantitative estimate of drug-likeness (QED) is 0.771. The summed E-state index contributed by atoms with van der Waals surface area (Å²) in [5, 5.41) is 0. The number of halogens is 3. The monoisotopic (exact) mass is 248 g/mol. The number of ether oxygens (including phenoxy) is 2. The van der Waals surface area contributed by atoms with E-state index in [4.69, 9.17) is 0 Å². The Kier molecular flexibility index (Phi) is 3.98. The van der Waals surface area contributed by atoms with Crippen molar-refractivity contribution in [1.82, 2.24) is 0 Å². The van der Waals surface area contributed by atoms with E-state index in [-0.39, 0.29) is 5.56 Å². The molecule has 1 rings (SSSR count). The van der Waals surface area contributed by atoms with Gasteiger partial charge in [0.05, 0.1) is 13.0 Å². The van der Waals surface area contributed by atoms with Crippen LogP contribution in [0.15, 0.2) is 24.3 Å². The summed E-state index contributed by atoms with van der Waals surface area (Å²) in [6.45, 7) is 1.45. The molecule has 0 aliphatic carbocycles. The molecular formula is C11H11F3O3. The first-order chi connectivity index (χ1) is 7.85. The van der Waals surface area contributed by atoms with Crippen LogP contribution < -0.4 is 4.74 Å². The Balaban J connectivity index is 3.03. The maximum atomic E-state index is 12.1. The number of rotatable bonds is 3. The molecule has 3 nitrogen and oxygen atoms in total. The lowest BCUT2D eigenvalue weighted by Gasteiger charge is -2.16. The van der Waals surface area contributed by atoms with Crippen molar-refractivity contribution < 1.29 is 27.4 Å². The van der Waals surface area contributed by atoms with Crippen molar-refractivity contribution in [2.75, 3.05) is 7.11 Å². The third-order valence-electron chi connectivity index (χ3n) is 2.17. The molecule has 0 amide bonds. The Labute approximate surface area is 96.1 Å². The van der Waals surface area contributed by atoms with Crippen LogP contribution in [0.25, 0.3) is 0 Å². The first kappa shape index (κ1) is 13.3. The SMILES string of the molecule is COC(=O)C(C)c1ccccc1OC(F)(F)F. The Hall–Kier alpha value is -1.72. The van der Waals surface area contributed by atoms with E-state index in [1.807, 2.05) is 0 Å². The van der Waals surface area contributed by atoms with Gasteiger partial charge in [-0.3, -0.25) is 4.79 Å². The smallest absolute Gasteiger partial charge is 0.469 e. The molecule has 94 valence electrons. The standard InChI is InChI=1S/C11H11F3O3/c1-7(10(15)16-2)8-5-3-4-6-9(8)17-11(12,13)14/h3-7H,1-2H3. The maximum Gasteiger partial charge on any atom is 0.573 e. The van der Waals surface area contributed by atoms with Crippen LogP contribution in [-0.4, -0.2) is 19.4 Å². The molecule has 0 heterocycles. The van der Waals surface area contributed by atoms with Gasteiger partial charge < -0.3 is 9.47 Å². The first-order valence-corrected chi connectivity index (χ1v) is 4.77. The van der Waals surface area contributed by atoms with Gasteiger partial charge in [-0.15, -0.1) is 13.2 Å². The van der Waals surface area contributed by atoms with Crippen molar-refractivity contribution in [3.8, 4) is 5.75 Å². The van der Waals surface area contributed by atoms with E-state index in [0.717, 1.165) is 6.07 Å². The molecule has 0 saturated heterocycles. The molecule has 0 saturated carbocycles. The highest BCUT2D eigenvalue weighted by molar-refractivity contribution is 5.78. The van der Waals surface area contributed by atoms with Crippen LogP contribution in [0, 0.1) is 0 Å². The van der Waals surface area contributed by atoms with E-state index in [9.17, 15) is 18.0 Å². The molecule has 0 aliphatic rings. The molecule has 1 atom stereocenters. The lowest BCUT2D eigenvalue weighted by Crippen LogP contribution is -2.20. The number of carbonyl (C=O) groups is 1. The minimum absolute atomic E-state index is 0.136. The predicted molar refractivity (Wildman–Crippen MR) is 53.6 cm³/mol. The predicted octanol–water partition coefficient (Wildman–Crippen LogP) is 2.86. The first-order valence-electron chi connectivity index (χ1n) is 4.77. The van der Waals surface area contributed by atoms with Crippen LogP contribution >= 0.6 is 0 Å². The third-order valence-corrected chi connectivity index (χ3v) is 2.17. The van der Waals surface area contributed by atoms with E-state index < -0.39 is 24.0 Å². The second-order valence-electron chi connectivity index (χ2n) is 3.33. The fourth-order valence-corrected chi connectivity index (χ4v) is 1.36. The Morgan fingerprint density at radius 2 is 1.88 bits per heavy atom. The van der Waals surface area contributed by atoms with Gasteiger partial charge >= 0.3 is 12.3 Å². The van der Waals surface area contributed by atoms with Crippen molar-refractivity contribution in [3.05, 3.63) is 29.8 Å². The van der Waals surface area contributed by atoms with Crippen molar-refractivity contribution in [2.45, 2.75) is 19.2 Å². The van der Waals surface area contributed by atoms with Crippen LogP contribution in [0.4, 0.5) is 13.2 Å². The van der Waals surface area contributed by atoms with Crippen LogP contribution in [0.1, 0.15) is 18.4 Å². The van der Waals surface area contributed by atoms with Gasteiger partial charge in [-0.05, 0) is 13.0 Å². The molecule has 0 radical (unpaired) electrons. The molecule has 0 N–H and O–H groups in total. The fraction of sp³-hybridized carbons (Fsp3) is 0.364. The average molecular weight is 248 g/mol. The lowest BCUT2D eigenvalue weighted by atomic mass is 10.0. The summed E-state index contributed by atoms with van der Waals surface area (Å²) >= 11 is 0. The molecule has 17 heavy (non-hydrogen) atoms. The lowest BCUT2D eigenvalue weighted by molar-refractivity contribution is -0.275. The molecule has 0 spiro atoms. The number of benzene rings is 1. The number of para-hydroxylation sites is 1. The van der Waals surface area contributed by atoms with Gasteiger partial charge in [0, 0.05) is 5.56 Å². The summed E-state index contributed by atoms with van der Waals surface area (Å²) in [6, 6.07) is 5.47. The van der Waals surface area contributed by atoms with Gasteiger partial charge in [0.2, 0.25) is 0 Å². The largest absolute Gasteiger partial charge is 0.573 e. The number of hydrogen-bond donors (Lipinski definition) is 0. The second-order valence-corrected chi connectivity index (χ2v) is 3.33. The fourth-order valence-electron chi connectivity index (χ4n) is 1.36. The second kappa shape index (κ2) is 5.07. The zero-order valence-electron chi connectivity index (χ0n) is 9.25. The molecule has 1 aromatic rings. The Bertz CT molecular complexity index is 401. The highest BCUT2D eigenvalue weighted by Crippen LogP contribution is 2.31. The van der Waals surface area contributed by atoms with Gasteiger partial charge in [0.1, 0.15) is 5.75 Å². The zero-order chi connectivity index (χ0) is 13.1. The van der Waals surface area contributed by atoms with Gasteiger partial charge in [-0.2, -0.15) is 0 Å². The summed E-state index contributed by atoms with van der Waals surface area (Å²) in [7, 11) is 1.17. The zero-order valence-corrected chi connectivity index (χ0v) is 9.25. The van der Waals surface area contributed by atoms with Crippen LogP contribution in [-0.2, 0) is 9.53 Å². The number of carbonyl (C=O) groups excluding carboxylic acids is 1. The summed E-state index contributed by atoms with van der Waals surface area (Å²) in [5.74, 6) is -1.83. The minimum atomic E-state index is -4.79. The van der Waals surface area contributed by atoms with Crippen molar-refractivity contribution >= 4 is 5.97 Å². The molecule has 1 unspecified atom stereocenters. The molecule has 0 bridgehead atoms. The van der Waals surface area contributed by atoms with E-state index in [0.29, 0.717) is 0 Å². The third kappa shape index (κ3) is 3.65. The molecular weight excluding hydrogens is 237 g/mol. The molecule has 1 aromatic carbocycles. The van der Waals surface area contributed by atoms with Crippen molar-refractivity contribution in [2.24, 2.45) is 0 Å². The number of methoxy groups -OCH3 is 1. The van der Waals surface area contributed by atoms with E-state index in [1.165, 1.54) is 32.2 Å². The van der Waals surface area contributed by atoms with Crippen LogP contribution in [0.2, 0.25) is 0 Å². The summed E-state index contributed by atoms with van der Waals surface area (Å²) in [5.41, 5.74) is 0.136. The van der Waals surface area contributed by atoms with E-state index in [1.54, 1.807) is 0 Å². The molecule has 0 aromatic heterocycles. The number of esters is 1. The van der Waals surface area contributed by atoms with E-state index in [2.05, 4.69) is 9.47 Å². The van der Waals surface area contributed by atoms with Crippen LogP contribution in [0.3, 0.4) is 0 Å². The average Bonchev–Trinajstić information content (AvgIpc) is 2.25. The van der Waals surface area contributed by atoms with Gasteiger partial charge in [0.25, 0.3) is 0 Å². The highest BCUT2D eigenvalue weighted by atomic mass is 19.4. The number of alkyl halides is 3. The van der Waals surface area contributed by atoms with Gasteiger partial charge in [-0.25, -0.2) is 0 Å². The summed E-state index contributed by atoms with van der Waals surface area (Å²) in [4.78, 5) is 11.3. The van der Waals surface area contributed by atoms with E-state index >= 15 is 0 Å². The summed E-state index contributed by atoms with van der Waals surface area (Å²) < 4.78 is 44.7. The van der Waals surface area contributed by atoms with Gasteiger partial charge in [-0.1, -0.05) is 18.2 Å². The number of hydrogen-bond acceptors (Lipinski definition) is 3. The topological polar surface area (TPSA) is 35.5 Å². The molecule has 0 fully saturated rings. The minimum Gasteiger partial charge on any atom is -0.469 e. The highest BCUT2D eigenvalue weighted by Gasteiger charge is 2.33. The summed E-state index contributed by atoms with van der Waals surface area (Å²) in [6.07, 6.45) is -4.79. The molecule has 0 aliphatic heterocycles. The maximum absolute atomic E-state index is 12.1. The van der Waals surface area contributed by atoms with Crippen molar-refractivity contribution in [3.63, 3.8) is 0 Å². The van der Waals surface area contributed by atoms with Crippen molar-refractivity contribution in [1.29, 1.82) is 0 Å². The normalized spacial score (nSPS) is 13.0. The van der Waals surface area contributed by atoms with Crippen LogP contribution in [0.5, 0.6) is 5.75 Å².